The van der Waals surface area contributed by atoms with Gasteiger partial charge in [-0.2, -0.15) is 0 Å². The van der Waals surface area contributed by atoms with E-state index in [1.165, 1.54) is 0 Å². The summed E-state index contributed by atoms with van der Waals surface area (Å²) in [4.78, 5) is 12.7. The van der Waals surface area contributed by atoms with Gasteiger partial charge in [-0.3, -0.25) is 4.79 Å². The number of ether oxygens (including phenoxy) is 3. The monoisotopic (exact) mass is 397 g/mol. The van der Waals surface area contributed by atoms with Gasteiger partial charge in [-0.1, -0.05) is 60.7 Å². The Hall–Kier alpha value is -2.67. The minimum absolute atomic E-state index is 0.0192. The van der Waals surface area contributed by atoms with Crippen LogP contribution in [0.25, 0.3) is 0 Å². The summed E-state index contributed by atoms with van der Waals surface area (Å²) in [5.74, 6) is 0.0210. The Labute approximate surface area is 171 Å². The molecule has 154 valence electrons. The SMILES string of the molecule is O=C(NCc1ccccc1)C1=C[C@@H](c2ccccc2)C[C@@H](OCCOCCO)O1. The number of rotatable bonds is 10. The van der Waals surface area contributed by atoms with E-state index in [4.69, 9.17) is 19.3 Å². The molecule has 0 aliphatic carbocycles. The average Bonchev–Trinajstić information content (AvgIpc) is 2.78. The van der Waals surface area contributed by atoms with E-state index in [1.54, 1.807) is 0 Å². The van der Waals surface area contributed by atoms with Crippen molar-refractivity contribution in [1.82, 2.24) is 5.32 Å². The van der Waals surface area contributed by atoms with Crippen molar-refractivity contribution < 1.29 is 24.1 Å². The topological polar surface area (TPSA) is 77.0 Å². The molecule has 0 bridgehead atoms. The third-order valence-corrected chi connectivity index (χ3v) is 4.57. The first kappa shape index (κ1) is 21.0. The van der Waals surface area contributed by atoms with Crippen molar-refractivity contribution in [3.8, 4) is 0 Å². The molecule has 1 amide bonds. The fourth-order valence-corrected chi connectivity index (χ4v) is 3.12. The van der Waals surface area contributed by atoms with Crippen molar-refractivity contribution >= 4 is 5.91 Å². The van der Waals surface area contributed by atoms with Gasteiger partial charge < -0.3 is 24.6 Å². The molecule has 2 N–H and O–H groups in total. The fourth-order valence-electron chi connectivity index (χ4n) is 3.12. The molecule has 6 nitrogen and oxygen atoms in total. The predicted octanol–water partition coefficient (Wildman–Crippen LogP) is 2.74. The van der Waals surface area contributed by atoms with Gasteiger partial charge in [0.2, 0.25) is 6.29 Å². The zero-order valence-electron chi connectivity index (χ0n) is 16.3. The number of hydrogen-bond acceptors (Lipinski definition) is 5. The number of hydrogen-bond donors (Lipinski definition) is 2. The van der Waals surface area contributed by atoms with Crippen LogP contribution >= 0.6 is 0 Å². The van der Waals surface area contributed by atoms with E-state index in [1.807, 2.05) is 66.7 Å². The average molecular weight is 397 g/mol. The van der Waals surface area contributed by atoms with Crippen LogP contribution in [0, 0.1) is 0 Å². The maximum atomic E-state index is 12.7. The Bertz CT molecular complexity index is 778. The van der Waals surface area contributed by atoms with Crippen molar-refractivity contribution in [3.05, 3.63) is 83.6 Å². The maximum Gasteiger partial charge on any atom is 0.286 e. The normalized spacial score (nSPS) is 18.6. The number of allylic oxidation sites excluding steroid dienone is 1. The minimum Gasteiger partial charge on any atom is -0.459 e. The predicted molar refractivity (Wildman–Crippen MR) is 109 cm³/mol. The van der Waals surface area contributed by atoms with E-state index in [2.05, 4.69) is 5.32 Å². The molecule has 0 radical (unpaired) electrons. The Morgan fingerprint density at radius 1 is 1.03 bits per heavy atom. The van der Waals surface area contributed by atoms with Gasteiger partial charge in [-0.15, -0.1) is 0 Å². The molecule has 1 heterocycles. The molecule has 0 saturated heterocycles. The van der Waals surface area contributed by atoms with E-state index in [-0.39, 0.29) is 30.8 Å². The Kier molecular flexibility index (Phi) is 8.25. The molecule has 1 aliphatic heterocycles. The molecule has 0 aromatic heterocycles. The van der Waals surface area contributed by atoms with Crippen LogP contribution in [0.1, 0.15) is 23.5 Å². The van der Waals surface area contributed by atoms with E-state index in [0.717, 1.165) is 11.1 Å². The van der Waals surface area contributed by atoms with Gasteiger partial charge in [0.05, 0.1) is 26.4 Å². The number of amides is 1. The lowest BCUT2D eigenvalue weighted by Crippen LogP contribution is -2.33. The molecular weight excluding hydrogens is 370 g/mol. The van der Waals surface area contributed by atoms with Crippen LogP contribution in [0.4, 0.5) is 0 Å². The van der Waals surface area contributed by atoms with E-state index in [9.17, 15) is 4.79 Å². The maximum absolute atomic E-state index is 12.7. The lowest BCUT2D eigenvalue weighted by atomic mass is 9.93. The molecule has 0 saturated carbocycles. The number of nitrogens with one attached hydrogen (secondary N) is 1. The third kappa shape index (κ3) is 6.71. The minimum atomic E-state index is -0.541. The lowest BCUT2D eigenvalue weighted by Gasteiger charge is -2.29. The first-order valence-electron chi connectivity index (χ1n) is 9.82. The smallest absolute Gasteiger partial charge is 0.286 e. The van der Waals surface area contributed by atoms with Gasteiger partial charge in [-0.05, 0) is 17.2 Å². The third-order valence-electron chi connectivity index (χ3n) is 4.57. The summed E-state index contributed by atoms with van der Waals surface area (Å²) in [5.41, 5.74) is 2.12. The number of carbonyl (C=O) groups is 1. The van der Waals surface area contributed by atoms with Gasteiger partial charge in [0.15, 0.2) is 5.76 Å². The van der Waals surface area contributed by atoms with Crippen molar-refractivity contribution in [2.75, 3.05) is 26.4 Å². The lowest BCUT2D eigenvalue weighted by molar-refractivity contribution is -0.151. The molecule has 2 aromatic rings. The van der Waals surface area contributed by atoms with Crippen molar-refractivity contribution in [3.63, 3.8) is 0 Å². The largest absolute Gasteiger partial charge is 0.459 e. The zero-order valence-corrected chi connectivity index (χ0v) is 16.3. The second-order valence-electron chi connectivity index (χ2n) is 6.71. The van der Waals surface area contributed by atoms with E-state index < -0.39 is 6.29 Å². The quantitative estimate of drug-likeness (QED) is 0.603. The van der Waals surface area contributed by atoms with Gasteiger partial charge in [-0.25, -0.2) is 0 Å². The Morgan fingerprint density at radius 3 is 2.48 bits per heavy atom. The summed E-state index contributed by atoms with van der Waals surface area (Å²) in [5, 5.41) is 11.7. The van der Waals surface area contributed by atoms with Crippen LogP contribution in [0.5, 0.6) is 0 Å². The van der Waals surface area contributed by atoms with E-state index in [0.29, 0.717) is 26.2 Å². The van der Waals surface area contributed by atoms with Crippen LogP contribution in [0.3, 0.4) is 0 Å². The van der Waals surface area contributed by atoms with Crippen molar-refractivity contribution in [2.45, 2.75) is 25.2 Å². The molecule has 3 rings (SSSR count). The second kappa shape index (κ2) is 11.4. The summed E-state index contributed by atoms with van der Waals surface area (Å²) >= 11 is 0. The highest BCUT2D eigenvalue weighted by Crippen LogP contribution is 2.31. The molecule has 0 unspecified atom stereocenters. The summed E-state index contributed by atoms with van der Waals surface area (Å²) in [6, 6.07) is 19.7. The van der Waals surface area contributed by atoms with Crippen LogP contribution in [-0.2, 0) is 25.5 Å². The molecule has 29 heavy (non-hydrogen) atoms. The number of aliphatic hydroxyl groups is 1. The first-order valence-corrected chi connectivity index (χ1v) is 9.82. The van der Waals surface area contributed by atoms with Gasteiger partial charge in [0, 0.05) is 18.9 Å². The Balaban J connectivity index is 1.63. The summed E-state index contributed by atoms with van der Waals surface area (Å²) in [7, 11) is 0. The van der Waals surface area contributed by atoms with Crippen LogP contribution in [-0.4, -0.2) is 43.7 Å². The summed E-state index contributed by atoms with van der Waals surface area (Å²) in [6.45, 7) is 1.36. The standard InChI is InChI=1S/C23H27NO5/c25-11-12-27-13-14-28-22-16-20(19-9-5-2-6-10-19)15-21(29-22)23(26)24-17-18-7-3-1-4-8-18/h1-10,15,20,22,25H,11-14,16-17H2,(H,24,26)/t20-,22+/m1/s1. The molecule has 1 aliphatic rings. The number of aliphatic hydroxyl groups excluding tert-OH is 1. The van der Waals surface area contributed by atoms with Crippen LogP contribution in [0.2, 0.25) is 0 Å². The molecule has 6 heteroatoms. The first-order chi connectivity index (χ1) is 14.3. The molecular formula is C23H27NO5. The highest BCUT2D eigenvalue weighted by atomic mass is 16.7. The van der Waals surface area contributed by atoms with Crippen molar-refractivity contribution in [2.24, 2.45) is 0 Å². The zero-order chi connectivity index (χ0) is 20.3. The Morgan fingerprint density at radius 2 is 1.76 bits per heavy atom. The highest BCUT2D eigenvalue weighted by Gasteiger charge is 2.28. The molecule has 2 aromatic carbocycles. The van der Waals surface area contributed by atoms with Gasteiger partial charge in [0.25, 0.3) is 5.91 Å². The van der Waals surface area contributed by atoms with Gasteiger partial charge >= 0.3 is 0 Å². The molecule has 0 spiro atoms. The summed E-state index contributed by atoms with van der Waals surface area (Å²) < 4.78 is 16.8. The summed E-state index contributed by atoms with van der Waals surface area (Å²) in [6.07, 6.45) is 1.93. The molecule has 2 atom stereocenters. The molecule has 0 fully saturated rings. The van der Waals surface area contributed by atoms with Crippen molar-refractivity contribution in [1.29, 1.82) is 0 Å². The fraction of sp³-hybridized carbons (Fsp3) is 0.348. The number of carbonyl (C=O) groups excluding carboxylic acids is 1. The van der Waals surface area contributed by atoms with Gasteiger partial charge in [0.1, 0.15) is 0 Å². The van der Waals surface area contributed by atoms with E-state index >= 15 is 0 Å². The van der Waals surface area contributed by atoms with Crippen LogP contribution in [0.15, 0.2) is 72.5 Å². The highest BCUT2D eigenvalue weighted by molar-refractivity contribution is 5.91. The second-order valence-corrected chi connectivity index (χ2v) is 6.71. The van der Waals surface area contributed by atoms with Crippen LogP contribution < -0.4 is 5.32 Å². The number of benzene rings is 2.